The quantitative estimate of drug-likeness (QED) is 0.276. The number of halogens is 1. The maximum absolute atomic E-state index is 15.6. The number of fused-ring (bicyclic) bond motifs is 1. The molecule has 0 unspecified atom stereocenters. The average molecular weight is 640 g/mol. The number of rotatable bonds is 9. The molecule has 0 aliphatic carbocycles. The summed E-state index contributed by atoms with van der Waals surface area (Å²) >= 11 is 0. The van der Waals surface area contributed by atoms with Crippen molar-refractivity contribution in [1.29, 1.82) is 0 Å². The van der Waals surface area contributed by atoms with Gasteiger partial charge in [0.25, 0.3) is 5.91 Å². The highest BCUT2D eigenvalue weighted by Gasteiger charge is 2.26. The molecule has 10 heteroatoms. The van der Waals surface area contributed by atoms with Crippen molar-refractivity contribution in [3.05, 3.63) is 105 Å². The Balaban J connectivity index is 1.29. The minimum Gasteiger partial charge on any atom is -0.366 e. The molecule has 1 N–H and O–H groups in total. The van der Waals surface area contributed by atoms with Crippen LogP contribution in [0.5, 0.6) is 0 Å². The molecule has 0 saturated carbocycles. The number of carbonyl (C=O) groups is 3. The number of benzene rings is 3. The lowest BCUT2D eigenvalue weighted by Crippen LogP contribution is -2.49. The first-order valence-corrected chi connectivity index (χ1v) is 16.0. The molecule has 1 saturated heterocycles. The predicted octanol–water partition coefficient (Wildman–Crippen LogP) is 5.08. The van der Waals surface area contributed by atoms with Crippen LogP contribution in [0, 0.1) is 26.6 Å². The Morgan fingerprint density at radius 3 is 2.23 bits per heavy atom. The molecule has 1 aliphatic rings. The molecular formula is C37H42FN5O4. The van der Waals surface area contributed by atoms with E-state index >= 15 is 4.39 Å². The number of nitrogens with zero attached hydrogens (tertiary/aromatic N) is 4. The summed E-state index contributed by atoms with van der Waals surface area (Å²) < 4.78 is 17.4. The fourth-order valence-corrected chi connectivity index (χ4v) is 6.36. The smallest absolute Gasteiger partial charge is 0.259 e. The molecule has 3 amide bonds. The van der Waals surface area contributed by atoms with Crippen LogP contribution < -0.4 is 15.6 Å². The van der Waals surface area contributed by atoms with Gasteiger partial charge in [0.1, 0.15) is 11.4 Å². The number of amides is 3. The molecule has 1 fully saturated rings. The second kappa shape index (κ2) is 14.2. The average Bonchev–Trinajstić information content (AvgIpc) is 3.05. The van der Waals surface area contributed by atoms with E-state index in [1.165, 1.54) is 24.2 Å². The fraction of sp³-hybridized carbons (Fsp3) is 0.351. The lowest BCUT2D eigenvalue weighted by molar-refractivity contribution is -0.131. The number of piperazine rings is 1. The number of likely N-dealkylation sites (N-methyl/N-ethyl adjacent to an activating group) is 1. The van der Waals surface area contributed by atoms with Crippen LogP contribution in [0.15, 0.2) is 65.6 Å². The largest absolute Gasteiger partial charge is 0.366 e. The summed E-state index contributed by atoms with van der Waals surface area (Å²) in [6.45, 7) is 9.72. The van der Waals surface area contributed by atoms with Gasteiger partial charge in [-0.15, -0.1) is 0 Å². The SMILES string of the molecule is CCn1cc(C(=O)N(C)CC(=O)Nc2c(C)cc(C)cc2C)c(=O)c2cc(F)c(N3CCN(C(=O)CCc4ccccc4)CC3)cc21. The first kappa shape index (κ1) is 33.4. The molecule has 47 heavy (non-hydrogen) atoms. The molecule has 0 radical (unpaired) electrons. The topological polar surface area (TPSA) is 95.0 Å². The van der Waals surface area contributed by atoms with E-state index < -0.39 is 17.2 Å². The summed E-state index contributed by atoms with van der Waals surface area (Å²) in [6.07, 6.45) is 2.58. The summed E-state index contributed by atoms with van der Waals surface area (Å²) in [5.74, 6) is -1.50. The summed E-state index contributed by atoms with van der Waals surface area (Å²) in [5, 5.41) is 2.98. The Labute approximate surface area is 274 Å². The summed E-state index contributed by atoms with van der Waals surface area (Å²) in [5.41, 5.74) is 4.87. The molecule has 0 bridgehead atoms. The van der Waals surface area contributed by atoms with Crippen LogP contribution in [0.2, 0.25) is 0 Å². The molecule has 3 aromatic carbocycles. The minimum absolute atomic E-state index is 0.0762. The predicted molar refractivity (Wildman–Crippen MR) is 184 cm³/mol. The summed E-state index contributed by atoms with van der Waals surface area (Å²) in [6, 6.07) is 16.7. The monoisotopic (exact) mass is 639 g/mol. The van der Waals surface area contributed by atoms with E-state index in [0.29, 0.717) is 62.5 Å². The maximum atomic E-state index is 15.6. The second-order valence-corrected chi connectivity index (χ2v) is 12.3. The van der Waals surface area contributed by atoms with Gasteiger partial charge < -0.3 is 24.6 Å². The Bertz CT molecular complexity index is 1860. The zero-order valence-corrected chi connectivity index (χ0v) is 27.7. The Morgan fingerprint density at radius 2 is 1.60 bits per heavy atom. The van der Waals surface area contributed by atoms with Gasteiger partial charge in [0.15, 0.2) is 0 Å². The molecule has 0 atom stereocenters. The number of carbonyl (C=O) groups excluding carboxylic acids is 3. The Kier molecular flexibility index (Phi) is 10.1. The maximum Gasteiger partial charge on any atom is 0.259 e. The van der Waals surface area contributed by atoms with E-state index in [9.17, 15) is 19.2 Å². The van der Waals surface area contributed by atoms with Crippen molar-refractivity contribution in [2.24, 2.45) is 0 Å². The van der Waals surface area contributed by atoms with Crippen molar-refractivity contribution in [3.63, 3.8) is 0 Å². The molecule has 2 heterocycles. The van der Waals surface area contributed by atoms with Crippen LogP contribution in [0.3, 0.4) is 0 Å². The number of nitrogens with one attached hydrogen (secondary N) is 1. The zero-order valence-electron chi connectivity index (χ0n) is 27.7. The second-order valence-electron chi connectivity index (χ2n) is 12.3. The molecule has 1 aliphatic heterocycles. The molecule has 5 rings (SSSR count). The lowest BCUT2D eigenvalue weighted by Gasteiger charge is -2.36. The van der Waals surface area contributed by atoms with Crippen LogP contribution in [0.4, 0.5) is 15.8 Å². The van der Waals surface area contributed by atoms with Gasteiger partial charge in [-0.25, -0.2) is 4.39 Å². The van der Waals surface area contributed by atoms with Crippen LogP contribution in [0.1, 0.15) is 46.0 Å². The number of hydrogen-bond donors (Lipinski definition) is 1. The molecular weight excluding hydrogens is 597 g/mol. The Morgan fingerprint density at radius 1 is 0.936 bits per heavy atom. The highest BCUT2D eigenvalue weighted by molar-refractivity contribution is 6.01. The van der Waals surface area contributed by atoms with Crippen LogP contribution in [0.25, 0.3) is 10.9 Å². The lowest BCUT2D eigenvalue weighted by atomic mass is 10.1. The van der Waals surface area contributed by atoms with Crippen molar-refractivity contribution in [2.75, 3.05) is 50.0 Å². The Hall–Kier alpha value is -4.99. The van der Waals surface area contributed by atoms with E-state index in [0.717, 1.165) is 22.3 Å². The molecule has 9 nitrogen and oxygen atoms in total. The van der Waals surface area contributed by atoms with Gasteiger partial charge in [0.05, 0.1) is 17.7 Å². The van der Waals surface area contributed by atoms with Crippen molar-refractivity contribution in [3.8, 4) is 0 Å². The van der Waals surface area contributed by atoms with Crippen molar-refractivity contribution < 1.29 is 18.8 Å². The first-order valence-electron chi connectivity index (χ1n) is 16.0. The van der Waals surface area contributed by atoms with E-state index in [-0.39, 0.29) is 29.3 Å². The van der Waals surface area contributed by atoms with Gasteiger partial charge in [0.2, 0.25) is 17.2 Å². The minimum atomic E-state index is -0.621. The van der Waals surface area contributed by atoms with E-state index in [1.807, 2.05) is 80.0 Å². The van der Waals surface area contributed by atoms with Crippen LogP contribution in [-0.4, -0.2) is 71.9 Å². The normalized spacial score (nSPS) is 13.1. The van der Waals surface area contributed by atoms with Crippen molar-refractivity contribution >= 4 is 40.0 Å². The van der Waals surface area contributed by atoms with Gasteiger partial charge in [-0.1, -0.05) is 48.0 Å². The highest BCUT2D eigenvalue weighted by atomic mass is 19.1. The third-order valence-electron chi connectivity index (χ3n) is 8.83. The van der Waals surface area contributed by atoms with E-state index in [2.05, 4.69) is 5.32 Å². The number of aromatic nitrogens is 1. The van der Waals surface area contributed by atoms with Crippen LogP contribution >= 0.6 is 0 Å². The standard InChI is InChI=1S/C37H42FN5O4/c1-6-41-22-29(37(47)40(5)23-33(44)39-35-25(3)18-24(2)19-26(35)4)36(46)28-20-30(38)32(21-31(28)41)42-14-16-43(17-15-42)34(45)13-12-27-10-8-7-9-11-27/h7-11,18-22H,6,12-17,23H2,1-5H3,(H,39,44). The van der Waals surface area contributed by atoms with Crippen molar-refractivity contribution in [2.45, 2.75) is 47.1 Å². The number of anilines is 2. The van der Waals surface area contributed by atoms with Gasteiger partial charge in [0, 0.05) is 63.5 Å². The number of pyridine rings is 1. The summed E-state index contributed by atoms with van der Waals surface area (Å²) in [7, 11) is 1.46. The molecule has 4 aromatic rings. The van der Waals surface area contributed by atoms with E-state index in [1.54, 1.807) is 10.6 Å². The first-order chi connectivity index (χ1) is 22.5. The van der Waals surface area contributed by atoms with Gasteiger partial charge in [-0.05, 0) is 62.9 Å². The van der Waals surface area contributed by atoms with Gasteiger partial charge >= 0.3 is 0 Å². The summed E-state index contributed by atoms with van der Waals surface area (Å²) in [4.78, 5) is 57.7. The highest BCUT2D eigenvalue weighted by Crippen LogP contribution is 2.27. The van der Waals surface area contributed by atoms with Gasteiger partial charge in [-0.2, -0.15) is 0 Å². The van der Waals surface area contributed by atoms with Crippen molar-refractivity contribution in [1.82, 2.24) is 14.4 Å². The third-order valence-corrected chi connectivity index (χ3v) is 8.83. The fourth-order valence-electron chi connectivity index (χ4n) is 6.36. The van der Waals surface area contributed by atoms with Crippen LogP contribution in [-0.2, 0) is 22.6 Å². The third kappa shape index (κ3) is 7.37. The zero-order chi connectivity index (χ0) is 33.8. The number of aryl methyl sites for hydroxylation is 5. The number of hydrogen-bond acceptors (Lipinski definition) is 5. The molecule has 246 valence electrons. The van der Waals surface area contributed by atoms with Gasteiger partial charge in [-0.3, -0.25) is 19.2 Å². The molecule has 1 aromatic heterocycles. The van der Waals surface area contributed by atoms with E-state index in [4.69, 9.17) is 0 Å². The molecule has 0 spiro atoms.